The lowest BCUT2D eigenvalue weighted by molar-refractivity contribution is -0.162. The van der Waals surface area contributed by atoms with Gasteiger partial charge in [0.2, 0.25) is 0 Å². The van der Waals surface area contributed by atoms with Crippen LogP contribution in [0.3, 0.4) is 0 Å². The summed E-state index contributed by atoms with van der Waals surface area (Å²) in [5, 5.41) is 9.32. The highest BCUT2D eigenvalue weighted by atomic mass is 16.5. The van der Waals surface area contributed by atoms with Crippen molar-refractivity contribution in [3.63, 3.8) is 0 Å². The molecule has 1 rings (SSSR count). The molecule has 3 atom stereocenters. The predicted molar refractivity (Wildman–Crippen MR) is 95.8 cm³/mol. The summed E-state index contributed by atoms with van der Waals surface area (Å²) in [6.45, 7) is 4.34. The van der Waals surface area contributed by atoms with E-state index in [1.807, 2.05) is 12.2 Å². The Balaban J connectivity index is 2.56. The highest BCUT2D eigenvalue weighted by Gasteiger charge is 2.36. The summed E-state index contributed by atoms with van der Waals surface area (Å²) in [5.41, 5.74) is 0. The largest absolute Gasteiger partial charge is 0.481 e. The Morgan fingerprint density at radius 3 is 2.08 bits per heavy atom. The van der Waals surface area contributed by atoms with Crippen LogP contribution in [-0.2, 0) is 14.3 Å². The summed E-state index contributed by atoms with van der Waals surface area (Å²) in [5.74, 6) is -2.38. The van der Waals surface area contributed by atoms with Gasteiger partial charge in [-0.2, -0.15) is 0 Å². The first kappa shape index (κ1) is 20.7. The number of unbranched alkanes of at least 4 members (excludes halogenated alkanes) is 5. The van der Waals surface area contributed by atoms with Crippen LogP contribution in [0.4, 0.5) is 0 Å². The van der Waals surface area contributed by atoms with Crippen molar-refractivity contribution in [2.45, 2.75) is 90.6 Å². The third-order valence-electron chi connectivity index (χ3n) is 4.84. The Morgan fingerprint density at radius 2 is 1.50 bits per heavy atom. The lowest BCUT2D eigenvalue weighted by Gasteiger charge is -2.26. The van der Waals surface area contributed by atoms with Crippen molar-refractivity contribution in [2.24, 2.45) is 11.8 Å². The van der Waals surface area contributed by atoms with Crippen molar-refractivity contribution in [1.29, 1.82) is 0 Å². The number of ether oxygens (including phenoxy) is 1. The lowest BCUT2D eigenvalue weighted by Crippen LogP contribution is -2.34. The smallest absolute Gasteiger partial charge is 0.310 e. The minimum Gasteiger partial charge on any atom is -0.481 e. The summed E-state index contributed by atoms with van der Waals surface area (Å²) in [7, 11) is 0. The number of rotatable bonds is 12. The van der Waals surface area contributed by atoms with Crippen LogP contribution in [0.1, 0.15) is 84.5 Å². The topological polar surface area (TPSA) is 63.6 Å². The monoisotopic (exact) mass is 338 g/mol. The van der Waals surface area contributed by atoms with Gasteiger partial charge in [0.15, 0.2) is 0 Å². The minimum atomic E-state index is -0.897. The molecule has 138 valence electrons. The van der Waals surface area contributed by atoms with Gasteiger partial charge in [0.1, 0.15) is 6.10 Å². The van der Waals surface area contributed by atoms with E-state index < -0.39 is 17.8 Å². The van der Waals surface area contributed by atoms with Gasteiger partial charge in [0.25, 0.3) is 0 Å². The Hall–Kier alpha value is -1.32. The van der Waals surface area contributed by atoms with Gasteiger partial charge in [0.05, 0.1) is 11.8 Å². The van der Waals surface area contributed by atoms with Gasteiger partial charge in [-0.1, -0.05) is 58.1 Å². The van der Waals surface area contributed by atoms with Gasteiger partial charge < -0.3 is 9.84 Å². The van der Waals surface area contributed by atoms with E-state index in [0.717, 1.165) is 38.5 Å². The average Bonchev–Trinajstić information content (AvgIpc) is 2.58. The molecule has 0 amide bonds. The van der Waals surface area contributed by atoms with Gasteiger partial charge >= 0.3 is 11.9 Å². The number of allylic oxidation sites excluding steroid dienone is 2. The molecule has 0 spiro atoms. The number of carboxylic acids is 1. The second-order valence-corrected chi connectivity index (χ2v) is 6.90. The second-order valence-electron chi connectivity index (χ2n) is 6.90. The van der Waals surface area contributed by atoms with Crippen LogP contribution in [0.2, 0.25) is 0 Å². The van der Waals surface area contributed by atoms with Gasteiger partial charge in [-0.3, -0.25) is 9.59 Å². The van der Waals surface area contributed by atoms with E-state index in [9.17, 15) is 14.7 Å². The van der Waals surface area contributed by atoms with Crippen LogP contribution in [0.5, 0.6) is 0 Å². The molecule has 24 heavy (non-hydrogen) atoms. The molecule has 1 N–H and O–H groups in total. The average molecular weight is 338 g/mol. The molecule has 4 heteroatoms. The Bertz CT molecular complexity index is 402. The van der Waals surface area contributed by atoms with Crippen molar-refractivity contribution in [2.75, 3.05) is 0 Å². The summed E-state index contributed by atoms with van der Waals surface area (Å²) in [6.07, 6.45) is 14.4. The molecular formula is C20H34O4. The molecule has 0 aromatic carbocycles. The zero-order valence-electron chi connectivity index (χ0n) is 15.3. The molecule has 1 aliphatic rings. The molecular weight excluding hydrogens is 304 g/mol. The lowest BCUT2D eigenvalue weighted by atomic mass is 9.83. The first-order valence-electron chi connectivity index (χ1n) is 9.68. The van der Waals surface area contributed by atoms with Crippen LogP contribution in [0.25, 0.3) is 0 Å². The van der Waals surface area contributed by atoms with E-state index in [0.29, 0.717) is 12.8 Å². The predicted octanol–water partition coefficient (Wildman–Crippen LogP) is 5.12. The third kappa shape index (κ3) is 7.50. The Morgan fingerprint density at radius 1 is 0.958 bits per heavy atom. The van der Waals surface area contributed by atoms with Crippen LogP contribution < -0.4 is 0 Å². The Kier molecular flexibility index (Phi) is 10.4. The summed E-state index contributed by atoms with van der Waals surface area (Å²) >= 11 is 0. The number of hydrogen-bond acceptors (Lipinski definition) is 3. The van der Waals surface area contributed by atoms with E-state index in [-0.39, 0.29) is 12.1 Å². The maximum Gasteiger partial charge on any atom is 0.310 e. The highest BCUT2D eigenvalue weighted by molar-refractivity contribution is 5.81. The van der Waals surface area contributed by atoms with E-state index in [2.05, 4.69) is 13.8 Å². The Labute approximate surface area is 146 Å². The number of carboxylic acid groups (broad SMARTS) is 1. The first-order valence-corrected chi connectivity index (χ1v) is 9.68. The third-order valence-corrected chi connectivity index (χ3v) is 4.84. The summed E-state index contributed by atoms with van der Waals surface area (Å²) in [4.78, 5) is 23.9. The van der Waals surface area contributed by atoms with Gasteiger partial charge in [-0.05, 0) is 38.5 Å². The van der Waals surface area contributed by atoms with Crippen molar-refractivity contribution >= 4 is 11.9 Å². The van der Waals surface area contributed by atoms with Crippen LogP contribution in [0.15, 0.2) is 12.2 Å². The number of esters is 1. The molecule has 0 aromatic heterocycles. The molecule has 0 heterocycles. The van der Waals surface area contributed by atoms with E-state index >= 15 is 0 Å². The molecule has 0 saturated heterocycles. The molecule has 0 aromatic rings. The molecule has 1 aliphatic carbocycles. The van der Waals surface area contributed by atoms with Gasteiger partial charge in [-0.15, -0.1) is 0 Å². The fourth-order valence-corrected chi connectivity index (χ4v) is 3.28. The van der Waals surface area contributed by atoms with E-state index in [1.54, 1.807) is 0 Å². The molecule has 0 bridgehead atoms. The van der Waals surface area contributed by atoms with Gasteiger partial charge in [0, 0.05) is 0 Å². The number of carbonyl (C=O) groups excluding carboxylic acids is 1. The van der Waals surface area contributed by atoms with E-state index in [1.165, 1.54) is 19.3 Å². The molecule has 0 saturated carbocycles. The zero-order valence-corrected chi connectivity index (χ0v) is 15.3. The first-order chi connectivity index (χ1) is 11.6. The molecule has 0 fully saturated rings. The normalized spacial score (nSPS) is 21.4. The van der Waals surface area contributed by atoms with Crippen LogP contribution in [-0.4, -0.2) is 23.1 Å². The number of hydrogen-bond donors (Lipinski definition) is 1. The standard InChI is InChI=1S/C20H34O4/c1-3-5-7-9-13-16(12-8-6-4-2)24-20(23)18-15-11-10-14-17(18)19(21)22/h10-11,16-18H,3-9,12-15H2,1-2H3,(H,21,22). The maximum atomic E-state index is 12.5. The summed E-state index contributed by atoms with van der Waals surface area (Å²) < 4.78 is 5.76. The van der Waals surface area contributed by atoms with Crippen molar-refractivity contribution in [3.8, 4) is 0 Å². The highest BCUT2D eigenvalue weighted by Crippen LogP contribution is 2.28. The fraction of sp³-hybridized carbons (Fsp3) is 0.800. The molecule has 0 aliphatic heterocycles. The second kappa shape index (κ2) is 12.1. The molecule has 3 unspecified atom stereocenters. The maximum absolute atomic E-state index is 12.5. The van der Waals surface area contributed by atoms with Crippen LogP contribution in [0, 0.1) is 11.8 Å². The molecule has 0 radical (unpaired) electrons. The zero-order chi connectivity index (χ0) is 17.8. The fourth-order valence-electron chi connectivity index (χ4n) is 3.28. The van der Waals surface area contributed by atoms with Gasteiger partial charge in [-0.25, -0.2) is 0 Å². The molecule has 4 nitrogen and oxygen atoms in total. The number of aliphatic carboxylic acids is 1. The number of carbonyl (C=O) groups is 2. The van der Waals surface area contributed by atoms with Crippen LogP contribution >= 0.6 is 0 Å². The van der Waals surface area contributed by atoms with Crippen molar-refractivity contribution < 1.29 is 19.4 Å². The quantitative estimate of drug-likeness (QED) is 0.305. The van der Waals surface area contributed by atoms with E-state index in [4.69, 9.17) is 4.74 Å². The van der Waals surface area contributed by atoms with Crippen molar-refractivity contribution in [1.82, 2.24) is 0 Å². The summed E-state index contributed by atoms with van der Waals surface area (Å²) in [6, 6.07) is 0. The SMILES string of the molecule is CCCCCCC(CCCCC)OC(=O)C1CC=CCC1C(=O)O. The van der Waals surface area contributed by atoms with Crippen molar-refractivity contribution in [3.05, 3.63) is 12.2 Å². The minimum absolute atomic E-state index is 0.0544.